The highest BCUT2D eigenvalue weighted by Crippen LogP contribution is 2.33. The second-order valence-electron chi connectivity index (χ2n) is 4.22. The van der Waals surface area contributed by atoms with Gasteiger partial charge in [0, 0.05) is 35.9 Å². The summed E-state index contributed by atoms with van der Waals surface area (Å²) in [5.41, 5.74) is 1.92. The van der Waals surface area contributed by atoms with Gasteiger partial charge in [0.05, 0.1) is 11.2 Å². The van der Waals surface area contributed by atoms with Gasteiger partial charge in [-0.25, -0.2) is 0 Å². The number of halogens is 2. The lowest BCUT2D eigenvalue weighted by molar-refractivity contribution is 0.302. The molecule has 4 nitrogen and oxygen atoms in total. The fourth-order valence-electron chi connectivity index (χ4n) is 1.80. The van der Waals surface area contributed by atoms with Crippen molar-refractivity contribution in [3.8, 4) is 5.75 Å². The summed E-state index contributed by atoms with van der Waals surface area (Å²) in [6.07, 6.45) is 3.67. The number of rotatable bonds is 5. The van der Waals surface area contributed by atoms with Gasteiger partial charge in [-0.15, -0.1) is 0 Å². The molecule has 0 aliphatic rings. The van der Waals surface area contributed by atoms with E-state index < -0.39 is 0 Å². The summed E-state index contributed by atoms with van der Waals surface area (Å²) in [6.45, 7) is 1.06. The molecule has 1 aromatic carbocycles. The number of aryl methyl sites for hydroxylation is 1. The van der Waals surface area contributed by atoms with E-state index in [9.17, 15) is 0 Å². The molecule has 0 aliphatic carbocycles. The summed E-state index contributed by atoms with van der Waals surface area (Å²) >= 11 is 12.2. The van der Waals surface area contributed by atoms with Gasteiger partial charge in [0.15, 0.2) is 0 Å². The van der Waals surface area contributed by atoms with Crippen LogP contribution in [0.3, 0.4) is 0 Å². The third kappa shape index (κ3) is 3.62. The van der Waals surface area contributed by atoms with Gasteiger partial charge < -0.3 is 10.1 Å². The van der Waals surface area contributed by atoms with Crippen LogP contribution in [-0.2, 0) is 20.2 Å². The predicted molar refractivity (Wildman–Crippen MR) is 76.8 cm³/mol. The highest BCUT2D eigenvalue weighted by molar-refractivity contribution is 6.35. The first kappa shape index (κ1) is 14.2. The molecule has 0 unspecified atom stereocenters. The minimum Gasteiger partial charge on any atom is -0.487 e. The number of hydrogen-bond acceptors (Lipinski definition) is 3. The normalized spacial score (nSPS) is 10.7. The molecule has 6 heteroatoms. The topological polar surface area (TPSA) is 39.1 Å². The van der Waals surface area contributed by atoms with E-state index in [-0.39, 0.29) is 0 Å². The van der Waals surface area contributed by atoms with Crippen molar-refractivity contribution in [3.05, 3.63) is 45.7 Å². The van der Waals surface area contributed by atoms with Crippen LogP contribution in [0.15, 0.2) is 24.5 Å². The van der Waals surface area contributed by atoms with E-state index >= 15 is 0 Å². The first-order valence-corrected chi connectivity index (χ1v) is 6.58. The van der Waals surface area contributed by atoms with Crippen molar-refractivity contribution < 1.29 is 4.74 Å². The molecule has 1 N–H and O–H groups in total. The van der Waals surface area contributed by atoms with Gasteiger partial charge in [-0.2, -0.15) is 5.10 Å². The Hall–Kier alpha value is -1.23. The molecule has 0 spiro atoms. The second kappa shape index (κ2) is 6.28. The second-order valence-corrected chi connectivity index (χ2v) is 5.06. The number of benzene rings is 1. The van der Waals surface area contributed by atoms with E-state index in [1.165, 1.54) is 0 Å². The molecule has 1 heterocycles. The number of nitrogens with one attached hydrogen (secondary N) is 1. The van der Waals surface area contributed by atoms with Gasteiger partial charge in [0.2, 0.25) is 0 Å². The van der Waals surface area contributed by atoms with E-state index in [2.05, 4.69) is 10.4 Å². The molecule has 0 atom stereocenters. The molecule has 0 fully saturated rings. The average molecular weight is 300 g/mol. The van der Waals surface area contributed by atoms with E-state index in [1.807, 2.05) is 26.4 Å². The molecule has 2 rings (SSSR count). The minimum atomic E-state index is 0.423. The van der Waals surface area contributed by atoms with Gasteiger partial charge in [0.1, 0.15) is 12.4 Å². The molecule has 0 saturated carbocycles. The standard InChI is InChI=1S/C13H15Cl2N3O/c1-16-6-10-3-11(14)4-12(15)13(10)19-8-9-5-17-18(2)7-9/h3-5,7,16H,6,8H2,1-2H3. The number of nitrogens with zero attached hydrogens (tertiary/aromatic N) is 2. The monoisotopic (exact) mass is 299 g/mol. The van der Waals surface area contributed by atoms with Crippen LogP contribution >= 0.6 is 23.2 Å². The molecular formula is C13H15Cl2N3O. The number of ether oxygens (including phenoxy) is 1. The molecule has 1 aromatic heterocycles. The van der Waals surface area contributed by atoms with Crippen molar-refractivity contribution in [2.24, 2.45) is 7.05 Å². The summed E-state index contributed by atoms with van der Waals surface area (Å²) in [6, 6.07) is 3.53. The number of hydrogen-bond donors (Lipinski definition) is 1. The van der Waals surface area contributed by atoms with Gasteiger partial charge in [-0.1, -0.05) is 23.2 Å². The Kier molecular flexibility index (Phi) is 4.69. The number of aromatic nitrogens is 2. The van der Waals surface area contributed by atoms with Gasteiger partial charge in [-0.3, -0.25) is 4.68 Å². The van der Waals surface area contributed by atoms with Crippen molar-refractivity contribution in [2.45, 2.75) is 13.2 Å². The molecule has 0 radical (unpaired) electrons. The molecule has 0 aliphatic heterocycles. The molecule has 0 saturated heterocycles. The zero-order chi connectivity index (χ0) is 13.8. The van der Waals surface area contributed by atoms with Crippen LogP contribution < -0.4 is 10.1 Å². The van der Waals surface area contributed by atoms with Crippen molar-refractivity contribution in [3.63, 3.8) is 0 Å². The maximum absolute atomic E-state index is 6.18. The van der Waals surface area contributed by atoms with Crippen molar-refractivity contribution in [2.75, 3.05) is 7.05 Å². The zero-order valence-electron chi connectivity index (χ0n) is 10.8. The van der Waals surface area contributed by atoms with Crippen LogP contribution in [-0.4, -0.2) is 16.8 Å². The largest absolute Gasteiger partial charge is 0.487 e. The first-order valence-electron chi connectivity index (χ1n) is 5.83. The molecular weight excluding hydrogens is 285 g/mol. The highest BCUT2D eigenvalue weighted by atomic mass is 35.5. The summed E-state index contributed by atoms with van der Waals surface area (Å²) in [4.78, 5) is 0. The third-order valence-corrected chi connectivity index (χ3v) is 3.09. The Balaban J connectivity index is 2.18. The quantitative estimate of drug-likeness (QED) is 0.922. The molecule has 0 amide bonds. The Morgan fingerprint density at radius 2 is 2.16 bits per heavy atom. The molecule has 102 valence electrons. The zero-order valence-corrected chi connectivity index (χ0v) is 12.3. The maximum atomic E-state index is 6.18. The van der Waals surface area contributed by atoms with E-state index in [0.717, 1.165) is 11.1 Å². The Morgan fingerprint density at radius 1 is 1.37 bits per heavy atom. The lowest BCUT2D eigenvalue weighted by Crippen LogP contribution is -2.08. The first-order chi connectivity index (χ1) is 9.10. The van der Waals surface area contributed by atoms with Crippen LogP contribution in [0.1, 0.15) is 11.1 Å². The van der Waals surface area contributed by atoms with Gasteiger partial charge >= 0.3 is 0 Å². The smallest absolute Gasteiger partial charge is 0.142 e. The van der Waals surface area contributed by atoms with Crippen LogP contribution in [0.5, 0.6) is 5.75 Å². The lowest BCUT2D eigenvalue weighted by atomic mass is 10.2. The van der Waals surface area contributed by atoms with Crippen molar-refractivity contribution in [1.82, 2.24) is 15.1 Å². The summed E-state index contributed by atoms with van der Waals surface area (Å²) in [5.74, 6) is 0.657. The molecule has 19 heavy (non-hydrogen) atoms. The third-order valence-electron chi connectivity index (χ3n) is 2.59. The van der Waals surface area contributed by atoms with E-state index in [1.54, 1.807) is 16.9 Å². The van der Waals surface area contributed by atoms with Gasteiger partial charge in [0.25, 0.3) is 0 Å². The summed E-state index contributed by atoms with van der Waals surface area (Å²) < 4.78 is 7.52. The Morgan fingerprint density at radius 3 is 2.79 bits per heavy atom. The average Bonchev–Trinajstić information content (AvgIpc) is 2.74. The van der Waals surface area contributed by atoms with Gasteiger partial charge in [-0.05, 0) is 19.2 Å². The molecule has 0 bridgehead atoms. The van der Waals surface area contributed by atoms with E-state index in [4.69, 9.17) is 27.9 Å². The van der Waals surface area contributed by atoms with Crippen LogP contribution in [0.2, 0.25) is 10.0 Å². The summed E-state index contributed by atoms with van der Waals surface area (Å²) in [7, 11) is 3.73. The minimum absolute atomic E-state index is 0.423. The fourth-order valence-corrected chi connectivity index (χ4v) is 2.39. The SMILES string of the molecule is CNCc1cc(Cl)cc(Cl)c1OCc1cnn(C)c1. The lowest BCUT2D eigenvalue weighted by Gasteiger charge is -2.13. The van der Waals surface area contributed by atoms with E-state index in [0.29, 0.717) is 28.9 Å². The Labute approximate surface area is 122 Å². The maximum Gasteiger partial charge on any atom is 0.142 e. The van der Waals surface area contributed by atoms with Crippen molar-refractivity contribution in [1.29, 1.82) is 0 Å². The van der Waals surface area contributed by atoms with Crippen molar-refractivity contribution >= 4 is 23.2 Å². The van der Waals surface area contributed by atoms with Crippen LogP contribution in [0.25, 0.3) is 0 Å². The molecule has 2 aromatic rings. The predicted octanol–water partition coefficient (Wildman–Crippen LogP) is 3.03. The van der Waals surface area contributed by atoms with Crippen LogP contribution in [0.4, 0.5) is 0 Å². The fraction of sp³-hybridized carbons (Fsp3) is 0.308. The summed E-state index contributed by atoms with van der Waals surface area (Å²) in [5, 5.41) is 8.28. The Bertz CT molecular complexity index is 569. The van der Waals surface area contributed by atoms with Crippen LogP contribution in [0, 0.1) is 0 Å². The highest BCUT2D eigenvalue weighted by Gasteiger charge is 2.11.